The number of hydrogen-bond donors (Lipinski definition) is 2. The lowest BCUT2D eigenvalue weighted by Gasteiger charge is -2.28. The van der Waals surface area contributed by atoms with E-state index in [1.54, 1.807) is 0 Å². The summed E-state index contributed by atoms with van der Waals surface area (Å²) < 4.78 is 0. The molecule has 1 rings (SSSR count). The van der Waals surface area contributed by atoms with Crippen LogP contribution in [-0.2, 0) is 0 Å². The molecule has 0 fully saturated rings. The molecule has 96 valence electrons. The van der Waals surface area contributed by atoms with Gasteiger partial charge in [0.25, 0.3) is 0 Å². The van der Waals surface area contributed by atoms with Crippen molar-refractivity contribution in [3.63, 3.8) is 0 Å². The summed E-state index contributed by atoms with van der Waals surface area (Å²) in [5.41, 5.74) is 11.1. The molecule has 4 N–H and O–H groups in total. The molecule has 1 aromatic heterocycles. The Morgan fingerprint density at radius 3 is 1.59 bits per heavy atom. The standard InChI is InChI=1S/C9H20N8/c1-15(2)5-17(6-16(3)4)9-13-7(10)12-8(11)14-9/h5-6H2,1-4H3,(H4,10,11,12,13,14). The predicted octanol–water partition coefficient (Wildman–Crippen LogP) is -1.12. The molecular weight excluding hydrogens is 220 g/mol. The Hall–Kier alpha value is -1.67. The summed E-state index contributed by atoms with van der Waals surface area (Å²) in [7, 11) is 7.88. The van der Waals surface area contributed by atoms with E-state index in [9.17, 15) is 0 Å². The van der Waals surface area contributed by atoms with E-state index in [0.717, 1.165) is 0 Å². The normalized spacial score (nSPS) is 11.2. The molecule has 1 heterocycles. The van der Waals surface area contributed by atoms with Crippen molar-refractivity contribution in [3.05, 3.63) is 0 Å². The Morgan fingerprint density at radius 1 is 0.824 bits per heavy atom. The summed E-state index contributed by atoms with van der Waals surface area (Å²) in [6.45, 7) is 1.34. The maximum absolute atomic E-state index is 5.56. The van der Waals surface area contributed by atoms with Crippen molar-refractivity contribution in [2.75, 3.05) is 57.9 Å². The largest absolute Gasteiger partial charge is 0.368 e. The molecule has 0 saturated carbocycles. The lowest BCUT2D eigenvalue weighted by atomic mass is 10.6. The average molecular weight is 240 g/mol. The van der Waals surface area contributed by atoms with E-state index in [-0.39, 0.29) is 11.9 Å². The van der Waals surface area contributed by atoms with Gasteiger partial charge in [-0.15, -0.1) is 0 Å². The first kappa shape index (κ1) is 13.4. The van der Waals surface area contributed by atoms with E-state index < -0.39 is 0 Å². The van der Waals surface area contributed by atoms with Crippen molar-refractivity contribution >= 4 is 17.8 Å². The molecule has 0 spiro atoms. The van der Waals surface area contributed by atoms with Crippen LogP contribution in [0.5, 0.6) is 0 Å². The summed E-state index contributed by atoms with van der Waals surface area (Å²) in [6.07, 6.45) is 0. The van der Waals surface area contributed by atoms with E-state index in [4.69, 9.17) is 11.5 Å². The smallest absolute Gasteiger partial charge is 0.234 e. The zero-order valence-corrected chi connectivity index (χ0v) is 10.8. The fraction of sp³-hybridized carbons (Fsp3) is 0.667. The molecule has 0 saturated heterocycles. The Labute approximate surface area is 101 Å². The summed E-state index contributed by atoms with van der Waals surface area (Å²) in [4.78, 5) is 17.9. The van der Waals surface area contributed by atoms with Crippen molar-refractivity contribution in [2.45, 2.75) is 0 Å². The maximum Gasteiger partial charge on any atom is 0.234 e. The van der Waals surface area contributed by atoms with Crippen molar-refractivity contribution in [1.82, 2.24) is 24.8 Å². The molecule has 0 aromatic carbocycles. The van der Waals surface area contributed by atoms with Crippen LogP contribution in [0.1, 0.15) is 0 Å². The van der Waals surface area contributed by atoms with Crippen LogP contribution in [0.3, 0.4) is 0 Å². The SMILES string of the molecule is CN(C)CN(CN(C)C)c1nc(N)nc(N)n1. The Kier molecular flexibility index (Phi) is 4.41. The minimum absolute atomic E-state index is 0.134. The molecule has 1 aromatic rings. The molecule has 0 unspecified atom stereocenters. The van der Waals surface area contributed by atoms with E-state index >= 15 is 0 Å². The number of rotatable bonds is 5. The van der Waals surface area contributed by atoms with Gasteiger partial charge in [-0.3, -0.25) is 9.80 Å². The van der Waals surface area contributed by atoms with Crippen LogP contribution in [0.4, 0.5) is 17.8 Å². The first-order valence-electron chi connectivity index (χ1n) is 5.20. The maximum atomic E-state index is 5.56. The summed E-state index contributed by atoms with van der Waals surface area (Å²) >= 11 is 0. The van der Waals surface area contributed by atoms with Crippen LogP contribution in [0.15, 0.2) is 0 Å². The lowest BCUT2D eigenvalue weighted by molar-refractivity contribution is 0.337. The number of aromatic nitrogens is 3. The molecule has 0 aliphatic carbocycles. The third-order valence-electron chi connectivity index (χ3n) is 1.85. The molecular formula is C9H20N8. The van der Waals surface area contributed by atoms with Gasteiger partial charge in [0.05, 0.1) is 13.3 Å². The second kappa shape index (κ2) is 5.60. The fourth-order valence-electron chi connectivity index (χ4n) is 1.39. The zero-order valence-electron chi connectivity index (χ0n) is 10.8. The van der Waals surface area contributed by atoms with Crippen LogP contribution in [-0.4, -0.2) is 66.3 Å². The molecule has 8 heteroatoms. The number of anilines is 3. The highest BCUT2D eigenvalue weighted by molar-refractivity contribution is 5.39. The highest BCUT2D eigenvalue weighted by atomic mass is 15.4. The monoisotopic (exact) mass is 240 g/mol. The van der Waals surface area contributed by atoms with Crippen molar-refractivity contribution < 1.29 is 0 Å². The summed E-state index contributed by atoms with van der Waals surface area (Å²) in [5, 5.41) is 0. The first-order valence-corrected chi connectivity index (χ1v) is 5.20. The van der Waals surface area contributed by atoms with Crippen LogP contribution in [0, 0.1) is 0 Å². The minimum Gasteiger partial charge on any atom is -0.368 e. The van der Waals surface area contributed by atoms with E-state index in [0.29, 0.717) is 19.3 Å². The molecule has 0 bridgehead atoms. The second-order valence-corrected chi connectivity index (χ2v) is 4.33. The van der Waals surface area contributed by atoms with Gasteiger partial charge in [0, 0.05) is 0 Å². The van der Waals surface area contributed by atoms with Crippen LogP contribution >= 0.6 is 0 Å². The highest BCUT2D eigenvalue weighted by Crippen LogP contribution is 2.10. The third kappa shape index (κ3) is 4.37. The van der Waals surface area contributed by atoms with E-state index in [1.807, 2.05) is 42.9 Å². The van der Waals surface area contributed by atoms with Crippen molar-refractivity contribution in [1.29, 1.82) is 0 Å². The number of hydrogen-bond acceptors (Lipinski definition) is 8. The van der Waals surface area contributed by atoms with Crippen molar-refractivity contribution in [2.24, 2.45) is 0 Å². The zero-order chi connectivity index (χ0) is 13.0. The lowest BCUT2D eigenvalue weighted by Crippen LogP contribution is -2.41. The van der Waals surface area contributed by atoms with Gasteiger partial charge in [-0.2, -0.15) is 15.0 Å². The molecule has 0 radical (unpaired) electrons. The fourth-order valence-corrected chi connectivity index (χ4v) is 1.39. The quantitative estimate of drug-likeness (QED) is 0.624. The average Bonchev–Trinajstić information content (AvgIpc) is 2.13. The van der Waals surface area contributed by atoms with Gasteiger partial charge in [0.1, 0.15) is 0 Å². The Bertz CT molecular complexity index is 334. The number of nitrogens with zero attached hydrogens (tertiary/aromatic N) is 6. The second-order valence-electron chi connectivity index (χ2n) is 4.33. The van der Waals surface area contributed by atoms with Crippen LogP contribution in [0.2, 0.25) is 0 Å². The van der Waals surface area contributed by atoms with Gasteiger partial charge in [-0.1, -0.05) is 0 Å². The number of nitrogens with two attached hydrogens (primary N) is 2. The summed E-state index contributed by atoms with van der Waals surface area (Å²) in [5.74, 6) is 0.752. The topological polar surface area (TPSA) is 100 Å². The summed E-state index contributed by atoms with van der Waals surface area (Å²) in [6, 6.07) is 0. The highest BCUT2D eigenvalue weighted by Gasteiger charge is 2.13. The Morgan fingerprint density at radius 2 is 1.24 bits per heavy atom. The molecule has 8 nitrogen and oxygen atoms in total. The molecule has 0 amide bonds. The molecule has 0 aliphatic rings. The minimum atomic E-state index is 0.134. The number of nitrogen functional groups attached to an aromatic ring is 2. The Balaban J connectivity index is 2.94. The molecule has 17 heavy (non-hydrogen) atoms. The van der Waals surface area contributed by atoms with Crippen molar-refractivity contribution in [3.8, 4) is 0 Å². The van der Waals surface area contributed by atoms with E-state index in [2.05, 4.69) is 15.0 Å². The molecule has 0 aliphatic heterocycles. The van der Waals surface area contributed by atoms with Crippen LogP contribution in [0.25, 0.3) is 0 Å². The van der Waals surface area contributed by atoms with Crippen LogP contribution < -0.4 is 16.4 Å². The van der Waals surface area contributed by atoms with Gasteiger partial charge < -0.3 is 16.4 Å². The van der Waals surface area contributed by atoms with Gasteiger partial charge in [-0.05, 0) is 28.2 Å². The van der Waals surface area contributed by atoms with Gasteiger partial charge in [0.2, 0.25) is 17.8 Å². The molecule has 0 atom stereocenters. The first-order chi connectivity index (χ1) is 7.88. The van der Waals surface area contributed by atoms with Gasteiger partial charge >= 0.3 is 0 Å². The predicted molar refractivity (Wildman–Crippen MR) is 68.2 cm³/mol. The van der Waals surface area contributed by atoms with E-state index in [1.165, 1.54) is 0 Å². The third-order valence-corrected chi connectivity index (χ3v) is 1.85. The van der Waals surface area contributed by atoms with Gasteiger partial charge in [-0.25, -0.2) is 0 Å². The van der Waals surface area contributed by atoms with Gasteiger partial charge in [0.15, 0.2) is 0 Å².